The Bertz CT molecular complexity index is 682. The van der Waals surface area contributed by atoms with E-state index >= 15 is 0 Å². The molecule has 0 aliphatic heterocycles. The van der Waals surface area contributed by atoms with Gasteiger partial charge in [0.2, 0.25) is 0 Å². The van der Waals surface area contributed by atoms with Gasteiger partial charge in [-0.3, -0.25) is 0 Å². The van der Waals surface area contributed by atoms with Crippen molar-refractivity contribution < 1.29 is 9.13 Å². The van der Waals surface area contributed by atoms with Crippen LogP contribution in [0.3, 0.4) is 0 Å². The van der Waals surface area contributed by atoms with Crippen molar-refractivity contribution in [3.05, 3.63) is 63.4 Å². The molecule has 0 aromatic heterocycles. The van der Waals surface area contributed by atoms with E-state index in [2.05, 4.69) is 21.2 Å². The molecule has 0 amide bonds. The van der Waals surface area contributed by atoms with E-state index in [1.165, 1.54) is 12.1 Å². The Hall–Kier alpha value is -1.90. The van der Waals surface area contributed by atoms with Gasteiger partial charge in [-0.1, -0.05) is 12.1 Å². The number of hydrogen-bond acceptors (Lipinski definition) is 3. The molecule has 2 aromatic rings. The largest absolute Gasteiger partial charge is 0.488 e. The molecule has 3 nitrogen and oxygen atoms in total. The average molecular weight is 349 g/mol. The highest BCUT2D eigenvalue weighted by atomic mass is 79.9. The van der Waals surface area contributed by atoms with Crippen molar-refractivity contribution in [3.63, 3.8) is 0 Å². The fourth-order valence-electron chi connectivity index (χ4n) is 1.88. The summed E-state index contributed by atoms with van der Waals surface area (Å²) in [5.74, 6) is 0.191. The maximum absolute atomic E-state index is 13.2. The van der Waals surface area contributed by atoms with Gasteiger partial charge in [-0.25, -0.2) is 4.39 Å². The normalized spacial score (nSPS) is 10.2. The van der Waals surface area contributed by atoms with Gasteiger partial charge in [-0.2, -0.15) is 5.26 Å². The molecule has 0 aliphatic carbocycles. The minimum absolute atomic E-state index is 0.0273. The minimum atomic E-state index is -0.515. The third-order valence-corrected chi connectivity index (χ3v) is 3.54. The SMILES string of the molecule is CNCc1ccc(OCc2ccc(F)c(C#N)c2)c(Br)c1. The molecule has 0 aliphatic rings. The number of nitrogens with one attached hydrogen (secondary N) is 1. The molecular formula is C16H14BrFN2O. The molecule has 0 atom stereocenters. The second-order valence-electron chi connectivity index (χ2n) is 4.51. The van der Waals surface area contributed by atoms with Crippen molar-refractivity contribution in [1.82, 2.24) is 5.32 Å². The molecule has 2 rings (SSSR count). The van der Waals surface area contributed by atoms with Gasteiger partial charge in [-0.05, 0) is 58.4 Å². The standard InChI is InChI=1S/C16H14BrFN2O/c1-20-9-11-3-5-16(14(17)7-11)21-10-12-2-4-15(18)13(6-12)8-19/h2-7,20H,9-10H2,1H3. The molecule has 0 saturated heterocycles. The summed E-state index contributed by atoms with van der Waals surface area (Å²) in [6, 6.07) is 12.0. The summed E-state index contributed by atoms with van der Waals surface area (Å²) in [7, 11) is 1.89. The molecule has 5 heteroatoms. The van der Waals surface area contributed by atoms with Gasteiger partial charge in [-0.15, -0.1) is 0 Å². The van der Waals surface area contributed by atoms with E-state index in [4.69, 9.17) is 10.00 Å². The van der Waals surface area contributed by atoms with Crippen molar-refractivity contribution in [2.45, 2.75) is 13.2 Å². The van der Waals surface area contributed by atoms with Gasteiger partial charge in [0.15, 0.2) is 0 Å². The zero-order valence-electron chi connectivity index (χ0n) is 11.5. The van der Waals surface area contributed by atoms with Gasteiger partial charge < -0.3 is 10.1 Å². The third-order valence-electron chi connectivity index (χ3n) is 2.92. The van der Waals surface area contributed by atoms with Gasteiger partial charge in [0.25, 0.3) is 0 Å². The molecule has 2 aromatic carbocycles. The number of rotatable bonds is 5. The van der Waals surface area contributed by atoms with Gasteiger partial charge in [0.05, 0.1) is 10.0 Å². The quantitative estimate of drug-likeness (QED) is 0.894. The number of ether oxygens (including phenoxy) is 1. The first-order valence-corrected chi connectivity index (χ1v) is 7.17. The Labute approximate surface area is 131 Å². The van der Waals surface area contributed by atoms with Crippen LogP contribution in [0.2, 0.25) is 0 Å². The van der Waals surface area contributed by atoms with E-state index < -0.39 is 5.82 Å². The first-order valence-electron chi connectivity index (χ1n) is 6.38. The second kappa shape index (κ2) is 7.21. The molecule has 0 spiro atoms. The van der Waals surface area contributed by atoms with Crippen molar-refractivity contribution in [1.29, 1.82) is 5.26 Å². The van der Waals surface area contributed by atoms with Crippen LogP contribution in [-0.4, -0.2) is 7.05 Å². The first-order chi connectivity index (χ1) is 10.1. The highest BCUT2D eigenvalue weighted by Gasteiger charge is 2.06. The molecule has 21 heavy (non-hydrogen) atoms. The smallest absolute Gasteiger partial charge is 0.140 e. The summed E-state index contributed by atoms with van der Waals surface area (Å²) in [5, 5.41) is 11.9. The number of hydrogen-bond donors (Lipinski definition) is 1. The van der Waals surface area contributed by atoms with E-state index in [1.54, 1.807) is 6.07 Å². The number of nitriles is 1. The van der Waals surface area contributed by atoms with E-state index in [1.807, 2.05) is 31.3 Å². The lowest BCUT2D eigenvalue weighted by molar-refractivity contribution is 0.304. The lowest BCUT2D eigenvalue weighted by Crippen LogP contribution is -2.05. The van der Waals surface area contributed by atoms with Crippen LogP contribution < -0.4 is 10.1 Å². The topological polar surface area (TPSA) is 45.0 Å². The molecule has 108 valence electrons. The Kier molecular flexibility index (Phi) is 5.32. The van der Waals surface area contributed by atoms with Gasteiger partial charge >= 0.3 is 0 Å². The van der Waals surface area contributed by atoms with Crippen molar-refractivity contribution >= 4 is 15.9 Å². The third kappa shape index (κ3) is 4.03. The van der Waals surface area contributed by atoms with E-state index in [0.717, 1.165) is 22.1 Å². The monoisotopic (exact) mass is 348 g/mol. The summed E-state index contributed by atoms with van der Waals surface area (Å²) in [5.41, 5.74) is 1.92. The lowest BCUT2D eigenvalue weighted by Gasteiger charge is -2.10. The Morgan fingerprint density at radius 3 is 2.67 bits per heavy atom. The van der Waals surface area contributed by atoms with Crippen LogP contribution in [0.4, 0.5) is 4.39 Å². The predicted octanol–water partition coefficient (Wildman–Crippen LogP) is 3.76. The van der Waals surface area contributed by atoms with Crippen molar-refractivity contribution in [3.8, 4) is 11.8 Å². The Morgan fingerprint density at radius 2 is 2.00 bits per heavy atom. The summed E-state index contributed by atoms with van der Waals surface area (Å²) >= 11 is 3.47. The summed E-state index contributed by atoms with van der Waals surface area (Å²) in [6.07, 6.45) is 0. The highest BCUT2D eigenvalue weighted by molar-refractivity contribution is 9.10. The number of nitrogens with zero attached hydrogens (tertiary/aromatic N) is 1. The average Bonchev–Trinajstić information content (AvgIpc) is 2.48. The molecule has 0 heterocycles. The van der Waals surface area contributed by atoms with E-state index in [0.29, 0.717) is 5.75 Å². The van der Waals surface area contributed by atoms with Crippen LogP contribution in [0.15, 0.2) is 40.9 Å². The van der Waals surface area contributed by atoms with Crippen molar-refractivity contribution in [2.75, 3.05) is 7.05 Å². The maximum Gasteiger partial charge on any atom is 0.140 e. The fourth-order valence-corrected chi connectivity index (χ4v) is 2.43. The van der Waals surface area contributed by atoms with Crippen LogP contribution >= 0.6 is 15.9 Å². The molecule has 0 bridgehead atoms. The van der Waals surface area contributed by atoms with Gasteiger partial charge in [0, 0.05) is 6.54 Å². The fraction of sp³-hybridized carbons (Fsp3) is 0.188. The van der Waals surface area contributed by atoms with Crippen LogP contribution in [0, 0.1) is 17.1 Å². The van der Waals surface area contributed by atoms with E-state index in [-0.39, 0.29) is 12.2 Å². The Balaban J connectivity index is 2.08. The molecule has 0 saturated carbocycles. The van der Waals surface area contributed by atoms with Crippen LogP contribution in [0.1, 0.15) is 16.7 Å². The van der Waals surface area contributed by atoms with Crippen LogP contribution in [0.25, 0.3) is 0 Å². The zero-order valence-corrected chi connectivity index (χ0v) is 13.1. The summed E-state index contributed by atoms with van der Waals surface area (Å²) < 4.78 is 19.8. The molecule has 0 unspecified atom stereocenters. The van der Waals surface area contributed by atoms with Crippen LogP contribution in [0.5, 0.6) is 5.75 Å². The number of halogens is 2. The molecule has 1 N–H and O–H groups in total. The van der Waals surface area contributed by atoms with Gasteiger partial charge in [0.1, 0.15) is 24.2 Å². The Morgan fingerprint density at radius 1 is 1.24 bits per heavy atom. The minimum Gasteiger partial charge on any atom is -0.488 e. The number of benzene rings is 2. The lowest BCUT2D eigenvalue weighted by atomic mass is 10.1. The molecular weight excluding hydrogens is 335 g/mol. The maximum atomic E-state index is 13.2. The summed E-state index contributed by atoms with van der Waals surface area (Å²) in [4.78, 5) is 0. The second-order valence-corrected chi connectivity index (χ2v) is 5.36. The summed E-state index contributed by atoms with van der Waals surface area (Å²) in [6.45, 7) is 1.06. The van der Waals surface area contributed by atoms with E-state index in [9.17, 15) is 4.39 Å². The highest BCUT2D eigenvalue weighted by Crippen LogP contribution is 2.27. The van der Waals surface area contributed by atoms with Crippen molar-refractivity contribution in [2.24, 2.45) is 0 Å². The molecule has 0 fully saturated rings. The van der Waals surface area contributed by atoms with Crippen LogP contribution in [-0.2, 0) is 13.2 Å². The molecule has 0 radical (unpaired) electrons. The zero-order chi connectivity index (χ0) is 15.2. The predicted molar refractivity (Wildman–Crippen MR) is 82.4 cm³/mol. The first kappa shape index (κ1) is 15.5.